The summed E-state index contributed by atoms with van der Waals surface area (Å²) in [5.74, 6) is 0. The van der Waals surface area contributed by atoms with Crippen molar-refractivity contribution in [2.75, 3.05) is 13.1 Å². The Kier molecular flexibility index (Phi) is 4.52. The molecule has 0 bridgehead atoms. The number of carbonyl (C=O) groups is 1. The van der Waals surface area contributed by atoms with Gasteiger partial charge in [-0.2, -0.15) is 5.26 Å². The molecule has 0 aliphatic carbocycles. The average Bonchev–Trinajstić information content (AvgIpc) is 2.51. The Labute approximate surface area is 154 Å². The molecule has 4 nitrogen and oxygen atoms in total. The summed E-state index contributed by atoms with van der Waals surface area (Å²) in [6.07, 6.45) is -0.547. The van der Waals surface area contributed by atoms with E-state index in [-0.39, 0.29) is 31.5 Å². The number of hydrogen-bond donors (Lipinski definition) is 0. The van der Waals surface area contributed by atoms with Crippen LogP contribution in [0.2, 0.25) is 0 Å². The largest absolute Gasteiger partial charge is 0.444 e. The van der Waals surface area contributed by atoms with Crippen LogP contribution >= 0.6 is 10.2 Å². The van der Waals surface area contributed by atoms with E-state index in [1.165, 1.54) is 11.0 Å². The zero-order chi connectivity index (χ0) is 20.8. The minimum atomic E-state index is -9.84. The van der Waals surface area contributed by atoms with Gasteiger partial charge in [0.1, 0.15) is 10.5 Å². The van der Waals surface area contributed by atoms with Crippen molar-refractivity contribution in [3.05, 3.63) is 29.8 Å². The molecule has 0 radical (unpaired) electrons. The number of likely N-dealkylation sites (tertiary alicyclic amines) is 1. The van der Waals surface area contributed by atoms with Gasteiger partial charge in [-0.15, -0.1) is 0 Å². The van der Waals surface area contributed by atoms with Crippen LogP contribution in [-0.4, -0.2) is 29.7 Å². The lowest BCUT2D eigenvalue weighted by molar-refractivity contribution is 0.0185. The highest BCUT2D eigenvalue weighted by molar-refractivity contribution is 8.45. The Bertz CT molecular complexity index is 789. The van der Waals surface area contributed by atoms with E-state index in [1.54, 1.807) is 20.8 Å². The molecule has 0 saturated carbocycles. The van der Waals surface area contributed by atoms with Gasteiger partial charge in [-0.05, 0) is 51.3 Å². The number of nitriles is 1. The van der Waals surface area contributed by atoms with Crippen LogP contribution in [0, 0.1) is 11.3 Å². The Morgan fingerprint density at radius 1 is 1.19 bits per heavy atom. The molecule has 0 atom stereocenters. The fourth-order valence-corrected chi connectivity index (χ4v) is 3.58. The lowest BCUT2D eigenvalue weighted by Crippen LogP contribution is -2.46. The Morgan fingerprint density at radius 2 is 1.74 bits per heavy atom. The van der Waals surface area contributed by atoms with E-state index in [1.807, 2.05) is 6.07 Å². The van der Waals surface area contributed by atoms with Crippen LogP contribution in [-0.2, 0) is 10.2 Å². The first-order valence-corrected chi connectivity index (χ1v) is 10.1. The fourth-order valence-electron chi connectivity index (χ4n) is 2.90. The number of rotatable bonds is 2. The maximum absolute atomic E-state index is 13.1. The van der Waals surface area contributed by atoms with Crippen molar-refractivity contribution in [3.8, 4) is 6.07 Å². The molecular formula is C17H21F5N2O2S. The maximum atomic E-state index is 13.1. The van der Waals surface area contributed by atoms with E-state index in [9.17, 15) is 29.5 Å². The van der Waals surface area contributed by atoms with E-state index in [4.69, 9.17) is 4.74 Å². The van der Waals surface area contributed by atoms with Gasteiger partial charge in [-0.3, -0.25) is 0 Å². The zero-order valence-corrected chi connectivity index (χ0v) is 16.0. The molecule has 1 aromatic rings. The lowest BCUT2D eigenvalue weighted by atomic mass is 9.74. The molecule has 1 aromatic carbocycles. The highest BCUT2D eigenvalue weighted by atomic mass is 32.5. The summed E-state index contributed by atoms with van der Waals surface area (Å²) in [7, 11) is -9.84. The number of halogens is 5. The Hall–Kier alpha value is -2.02. The molecule has 1 saturated heterocycles. The Morgan fingerprint density at radius 3 is 2.19 bits per heavy atom. The second-order valence-corrected chi connectivity index (χ2v) is 10.1. The van der Waals surface area contributed by atoms with E-state index in [2.05, 4.69) is 0 Å². The Balaban J connectivity index is 2.27. The third kappa shape index (κ3) is 5.03. The number of ether oxygens (including phenoxy) is 1. The van der Waals surface area contributed by atoms with Gasteiger partial charge in [0.2, 0.25) is 0 Å². The summed E-state index contributed by atoms with van der Waals surface area (Å²) >= 11 is 0. The monoisotopic (exact) mass is 412 g/mol. The zero-order valence-electron chi connectivity index (χ0n) is 15.1. The molecule has 2 rings (SSSR count). The van der Waals surface area contributed by atoms with Gasteiger partial charge in [0.25, 0.3) is 0 Å². The minimum Gasteiger partial charge on any atom is -0.444 e. The third-order valence-corrected chi connectivity index (χ3v) is 5.46. The van der Waals surface area contributed by atoms with Gasteiger partial charge in [0.15, 0.2) is 0 Å². The quantitative estimate of drug-likeness (QED) is 0.549. The van der Waals surface area contributed by atoms with Crippen molar-refractivity contribution >= 4 is 16.3 Å². The molecule has 1 amide bonds. The lowest BCUT2D eigenvalue weighted by Gasteiger charge is -2.42. The van der Waals surface area contributed by atoms with Crippen molar-refractivity contribution in [3.63, 3.8) is 0 Å². The second-order valence-electron chi connectivity index (χ2n) is 7.66. The molecule has 10 heteroatoms. The molecule has 0 unspecified atom stereocenters. The minimum absolute atomic E-state index is 0.0204. The van der Waals surface area contributed by atoms with Gasteiger partial charge in [-0.1, -0.05) is 31.6 Å². The first kappa shape index (κ1) is 21.3. The van der Waals surface area contributed by atoms with Gasteiger partial charge < -0.3 is 9.64 Å². The fraction of sp³-hybridized carbons (Fsp3) is 0.529. The number of nitrogens with zero attached hydrogens (tertiary/aromatic N) is 2. The van der Waals surface area contributed by atoms with Crippen LogP contribution < -0.4 is 0 Å². The van der Waals surface area contributed by atoms with E-state index >= 15 is 0 Å². The SMILES string of the molecule is CC(C)(C)OC(=O)N1CCC(C#N)(c2cccc(S(F)(F)(F)(F)F)c2)CC1. The topological polar surface area (TPSA) is 53.3 Å². The first-order valence-electron chi connectivity index (χ1n) is 8.20. The summed E-state index contributed by atoms with van der Waals surface area (Å²) in [5, 5.41) is 9.58. The number of piperidine rings is 1. The van der Waals surface area contributed by atoms with Gasteiger partial charge in [0.05, 0.1) is 11.5 Å². The highest BCUT2D eigenvalue weighted by Gasteiger charge is 2.65. The number of hydrogen-bond acceptors (Lipinski definition) is 3. The summed E-state index contributed by atoms with van der Waals surface area (Å²) in [6, 6.07) is 4.75. The summed E-state index contributed by atoms with van der Waals surface area (Å²) < 4.78 is 70.7. The van der Waals surface area contributed by atoms with Crippen LogP contribution in [0.1, 0.15) is 39.2 Å². The smallest absolute Gasteiger partial charge is 0.410 e. The first-order chi connectivity index (χ1) is 12.0. The van der Waals surface area contributed by atoms with Crippen molar-refractivity contribution in [1.29, 1.82) is 5.26 Å². The maximum Gasteiger partial charge on any atom is 0.410 e. The summed E-state index contributed by atoms with van der Waals surface area (Å²) in [6.45, 7) is 5.23. The number of amides is 1. The molecule has 27 heavy (non-hydrogen) atoms. The average molecular weight is 412 g/mol. The normalized spacial score (nSPS) is 20.2. The molecule has 1 aliphatic rings. The molecule has 0 N–H and O–H groups in total. The van der Waals surface area contributed by atoms with Crippen molar-refractivity contribution in [1.82, 2.24) is 4.90 Å². The second kappa shape index (κ2) is 5.74. The van der Waals surface area contributed by atoms with Crippen molar-refractivity contribution in [2.24, 2.45) is 0 Å². The van der Waals surface area contributed by atoms with Gasteiger partial charge in [0, 0.05) is 13.1 Å². The summed E-state index contributed by atoms with van der Waals surface area (Å²) in [5.41, 5.74) is -2.21. The molecule has 152 valence electrons. The van der Waals surface area contributed by atoms with Crippen LogP contribution in [0.5, 0.6) is 0 Å². The van der Waals surface area contributed by atoms with Crippen LogP contribution in [0.3, 0.4) is 0 Å². The summed E-state index contributed by atoms with van der Waals surface area (Å²) in [4.78, 5) is 11.4. The predicted octanol–water partition coefficient (Wildman–Crippen LogP) is 6.14. The number of benzene rings is 1. The van der Waals surface area contributed by atoms with Crippen molar-refractivity contribution < 1.29 is 29.0 Å². The highest BCUT2D eigenvalue weighted by Crippen LogP contribution is 3.02. The number of carbonyl (C=O) groups excluding carboxylic acids is 1. The predicted molar refractivity (Wildman–Crippen MR) is 92.2 cm³/mol. The standard InChI is InChI=1S/C17H21F5N2O2S/c1-16(2,3)26-15(25)24-9-7-17(12-23,8-10-24)13-5-4-6-14(11-13)27(18,19,20,21)22/h4-6,11H,7-10H2,1-3H3. The molecule has 0 aromatic heterocycles. The van der Waals surface area contributed by atoms with Crippen LogP contribution in [0.15, 0.2) is 29.2 Å². The molecule has 0 spiro atoms. The van der Waals surface area contributed by atoms with Crippen molar-refractivity contribution in [2.45, 2.75) is 49.5 Å². The molecule has 1 aliphatic heterocycles. The third-order valence-electron chi connectivity index (χ3n) is 4.31. The van der Waals surface area contributed by atoms with Crippen LogP contribution in [0.25, 0.3) is 0 Å². The van der Waals surface area contributed by atoms with Crippen LogP contribution in [0.4, 0.5) is 24.2 Å². The molecular weight excluding hydrogens is 391 g/mol. The van der Waals surface area contributed by atoms with E-state index in [0.717, 1.165) is 6.07 Å². The van der Waals surface area contributed by atoms with Gasteiger partial charge in [-0.25, -0.2) is 4.79 Å². The molecule has 1 fully saturated rings. The van der Waals surface area contributed by atoms with E-state index < -0.39 is 32.2 Å². The molecule has 1 heterocycles. The van der Waals surface area contributed by atoms with E-state index in [0.29, 0.717) is 12.1 Å². The van der Waals surface area contributed by atoms with Gasteiger partial charge >= 0.3 is 16.3 Å².